The van der Waals surface area contributed by atoms with Gasteiger partial charge in [0.2, 0.25) is 0 Å². The van der Waals surface area contributed by atoms with Crippen molar-refractivity contribution in [2.45, 2.75) is 64.2 Å². The fourth-order valence-corrected chi connectivity index (χ4v) is 4.15. The van der Waals surface area contributed by atoms with Crippen LogP contribution in [0.25, 0.3) is 0 Å². The zero-order valence-corrected chi connectivity index (χ0v) is 9.97. The molecule has 16 heavy (non-hydrogen) atoms. The third kappa shape index (κ3) is 1.42. The Morgan fingerprint density at radius 2 is 1.69 bits per heavy atom. The molecule has 3 rings (SSSR count). The highest BCUT2D eigenvalue weighted by molar-refractivity contribution is 6.04. The van der Waals surface area contributed by atoms with E-state index in [0.717, 1.165) is 18.6 Å². The van der Waals surface area contributed by atoms with Crippen LogP contribution in [0.4, 0.5) is 0 Å². The third-order valence-corrected chi connectivity index (χ3v) is 4.89. The van der Waals surface area contributed by atoms with Crippen LogP contribution in [-0.2, 0) is 0 Å². The molecule has 0 aromatic rings. The Bertz CT molecular complexity index is 348. The molecule has 1 saturated carbocycles. The van der Waals surface area contributed by atoms with Crippen molar-refractivity contribution in [3.63, 3.8) is 0 Å². The van der Waals surface area contributed by atoms with Crippen molar-refractivity contribution in [2.24, 2.45) is 10.6 Å². The quantitative estimate of drug-likeness (QED) is 0.484. The fourth-order valence-electron chi connectivity index (χ4n) is 4.15. The van der Waals surface area contributed by atoms with Crippen molar-refractivity contribution < 1.29 is 5.21 Å². The maximum atomic E-state index is 9.17. The number of fused-ring (bicyclic) bond motifs is 1. The van der Waals surface area contributed by atoms with E-state index < -0.39 is 0 Å². The molecule has 0 saturated heterocycles. The molecule has 0 amide bonds. The summed E-state index contributed by atoms with van der Waals surface area (Å²) in [6.45, 7) is 0. The lowest BCUT2D eigenvalue weighted by molar-refractivity contribution is 0.243. The lowest BCUT2D eigenvalue weighted by Gasteiger charge is -2.37. The van der Waals surface area contributed by atoms with E-state index in [2.05, 4.69) is 5.16 Å². The summed E-state index contributed by atoms with van der Waals surface area (Å²) in [5.41, 5.74) is 4.58. The van der Waals surface area contributed by atoms with Gasteiger partial charge in [0.15, 0.2) is 0 Å². The van der Waals surface area contributed by atoms with E-state index in [4.69, 9.17) is 0 Å². The molecule has 88 valence electrons. The van der Waals surface area contributed by atoms with Crippen molar-refractivity contribution in [2.75, 3.05) is 0 Å². The second kappa shape index (κ2) is 3.90. The number of rotatable bonds is 0. The summed E-state index contributed by atoms with van der Waals surface area (Å²) in [5.74, 6) is 0. The zero-order chi connectivity index (χ0) is 11.0. The molecule has 1 fully saturated rings. The lowest BCUT2D eigenvalue weighted by atomic mass is 9.67. The van der Waals surface area contributed by atoms with Crippen LogP contribution < -0.4 is 0 Å². The van der Waals surface area contributed by atoms with E-state index in [9.17, 15) is 5.21 Å². The molecule has 0 unspecified atom stereocenters. The first-order valence-corrected chi connectivity index (χ1v) is 6.79. The van der Waals surface area contributed by atoms with Gasteiger partial charge in [-0.1, -0.05) is 30.0 Å². The Kier molecular flexibility index (Phi) is 2.53. The van der Waals surface area contributed by atoms with Gasteiger partial charge in [0.1, 0.15) is 0 Å². The van der Waals surface area contributed by atoms with Crippen LogP contribution >= 0.6 is 0 Å². The van der Waals surface area contributed by atoms with Crippen molar-refractivity contribution in [3.05, 3.63) is 11.1 Å². The summed E-state index contributed by atoms with van der Waals surface area (Å²) in [7, 11) is 0. The van der Waals surface area contributed by atoms with E-state index in [1.54, 1.807) is 5.57 Å². The van der Waals surface area contributed by atoms with Crippen molar-refractivity contribution >= 4 is 5.71 Å². The van der Waals surface area contributed by atoms with E-state index in [0.29, 0.717) is 5.41 Å². The van der Waals surface area contributed by atoms with Gasteiger partial charge in [-0.3, -0.25) is 0 Å². The van der Waals surface area contributed by atoms with Crippen LogP contribution in [-0.4, -0.2) is 10.9 Å². The van der Waals surface area contributed by atoms with E-state index in [-0.39, 0.29) is 0 Å². The average Bonchev–Trinajstić information content (AvgIpc) is 2.66. The topological polar surface area (TPSA) is 32.6 Å². The molecule has 1 N–H and O–H groups in total. The highest BCUT2D eigenvalue weighted by Crippen LogP contribution is 2.55. The van der Waals surface area contributed by atoms with Crippen molar-refractivity contribution in [3.8, 4) is 0 Å². The number of hydrogen-bond acceptors (Lipinski definition) is 2. The molecule has 3 aliphatic rings. The SMILES string of the molecule is O/N=C1/CC2(CCCCC2)C2=C1CCCC2. The van der Waals surface area contributed by atoms with E-state index in [1.807, 2.05) is 0 Å². The normalized spacial score (nSPS) is 31.1. The molecule has 2 heteroatoms. The molecular formula is C14H21NO. The minimum Gasteiger partial charge on any atom is -0.411 e. The lowest BCUT2D eigenvalue weighted by Crippen LogP contribution is -2.24. The monoisotopic (exact) mass is 219 g/mol. The predicted octanol–water partition coefficient (Wildman–Crippen LogP) is 4.04. The zero-order valence-electron chi connectivity index (χ0n) is 9.97. The van der Waals surface area contributed by atoms with Gasteiger partial charge in [0.05, 0.1) is 5.71 Å². The van der Waals surface area contributed by atoms with Gasteiger partial charge in [0.25, 0.3) is 0 Å². The Morgan fingerprint density at radius 3 is 2.44 bits per heavy atom. The summed E-state index contributed by atoms with van der Waals surface area (Å²) in [5, 5.41) is 12.8. The number of oxime groups is 1. The van der Waals surface area contributed by atoms with Gasteiger partial charge >= 0.3 is 0 Å². The Hall–Kier alpha value is -0.790. The first kappa shape index (κ1) is 10.4. The first-order chi connectivity index (χ1) is 7.86. The van der Waals surface area contributed by atoms with Crippen LogP contribution in [0.15, 0.2) is 16.3 Å². The smallest absolute Gasteiger partial charge is 0.0836 e. The minimum absolute atomic E-state index is 0.426. The van der Waals surface area contributed by atoms with Crippen LogP contribution in [0.5, 0.6) is 0 Å². The molecule has 0 bridgehead atoms. The maximum Gasteiger partial charge on any atom is 0.0836 e. The van der Waals surface area contributed by atoms with Gasteiger partial charge in [-0.25, -0.2) is 0 Å². The van der Waals surface area contributed by atoms with Crippen LogP contribution in [0.1, 0.15) is 64.2 Å². The van der Waals surface area contributed by atoms with Crippen LogP contribution in [0.2, 0.25) is 0 Å². The second-order valence-electron chi connectivity index (χ2n) is 5.73. The minimum atomic E-state index is 0.426. The Balaban J connectivity index is 1.99. The molecule has 1 spiro atoms. The first-order valence-electron chi connectivity index (χ1n) is 6.79. The van der Waals surface area contributed by atoms with Gasteiger partial charge in [-0.15, -0.1) is 0 Å². The van der Waals surface area contributed by atoms with Crippen LogP contribution in [0.3, 0.4) is 0 Å². The summed E-state index contributed by atoms with van der Waals surface area (Å²) in [6, 6.07) is 0. The maximum absolute atomic E-state index is 9.17. The molecule has 3 aliphatic carbocycles. The number of allylic oxidation sites excluding steroid dienone is 2. The molecule has 0 aliphatic heterocycles. The summed E-state index contributed by atoms with van der Waals surface area (Å²) in [4.78, 5) is 0. The summed E-state index contributed by atoms with van der Waals surface area (Å²) in [6.07, 6.45) is 12.9. The highest BCUT2D eigenvalue weighted by atomic mass is 16.4. The third-order valence-electron chi connectivity index (χ3n) is 4.89. The van der Waals surface area contributed by atoms with Gasteiger partial charge in [-0.05, 0) is 49.5 Å². The average molecular weight is 219 g/mol. The molecular weight excluding hydrogens is 198 g/mol. The summed E-state index contributed by atoms with van der Waals surface area (Å²) < 4.78 is 0. The number of nitrogens with zero attached hydrogens (tertiary/aromatic N) is 1. The van der Waals surface area contributed by atoms with E-state index in [1.165, 1.54) is 56.9 Å². The molecule has 2 nitrogen and oxygen atoms in total. The molecule has 0 radical (unpaired) electrons. The second-order valence-corrected chi connectivity index (χ2v) is 5.73. The Morgan fingerprint density at radius 1 is 0.938 bits per heavy atom. The molecule has 0 aromatic carbocycles. The molecule has 0 heterocycles. The van der Waals surface area contributed by atoms with Gasteiger partial charge in [-0.2, -0.15) is 0 Å². The summed E-state index contributed by atoms with van der Waals surface area (Å²) >= 11 is 0. The van der Waals surface area contributed by atoms with Crippen molar-refractivity contribution in [1.82, 2.24) is 0 Å². The highest BCUT2D eigenvalue weighted by Gasteiger charge is 2.44. The van der Waals surface area contributed by atoms with Gasteiger partial charge in [0, 0.05) is 6.42 Å². The molecule has 0 atom stereocenters. The fraction of sp³-hybridized carbons (Fsp3) is 0.786. The van der Waals surface area contributed by atoms with Crippen LogP contribution in [0, 0.1) is 5.41 Å². The van der Waals surface area contributed by atoms with Gasteiger partial charge < -0.3 is 5.21 Å². The number of hydrogen-bond donors (Lipinski definition) is 1. The Labute approximate surface area is 97.4 Å². The predicted molar refractivity (Wildman–Crippen MR) is 64.9 cm³/mol. The standard InChI is InChI=1S/C14H21NO/c16-15-13-10-14(8-4-1-5-9-14)12-7-3-2-6-11(12)13/h16H,1-10H2/b15-13-. The van der Waals surface area contributed by atoms with Crippen molar-refractivity contribution in [1.29, 1.82) is 0 Å². The molecule has 0 aromatic heterocycles. The van der Waals surface area contributed by atoms with E-state index >= 15 is 0 Å². The largest absolute Gasteiger partial charge is 0.411 e.